The predicted octanol–water partition coefficient (Wildman–Crippen LogP) is 11.8. The van der Waals surface area contributed by atoms with Crippen molar-refractivity contribution >= 4 is 56.3 Å². The molecule has 0 unspecified atom stereocenters. The Labute approximate surface area is 317 Å². The minimum Gasteiger partial charge on any atom is -0.310 e. The maximum Gasteiger partial charge on any atom is 0.268 e. The van der Waals surface area contributed by atoms with Crippen LogP contribution in [0.5, 0.6) is 0 Å². The van der Waals surface area contributed by atoms with E-state index in [9.17, 15) is 4.79 Å². The summed E-state index contributed by atoms with van der Waals surface area (Å²) < 4.78 is 4.54. The number of benzene rings is 7. The molecular weight excluding hydrogens is 675 g/mol. The van der Waals surface area contributed by atoms with Crippen LogP contribution in [-0.4, -0.2) is 20.9 Å². The average Bonchev–Trinajstić information content (AvgIpc) is 3.85. The van der Waals surface area contributed by atoms with Gasteiger partial charge in [0.25, 0.3) is 11.8 Å². The van der Waals surface area contributed by atoms with Crippen molar-refractivity contribution in [2.75, 3.05) is 4.90 Å². The number of carbonyl (C=O) groups is 2. The number of imide groups is 1. The lowest BCUT2D eigenvalue weighted by Gasteiger charge is -2.23. The Bertz CT molecular complexity index is 3020. The van der Waals surface area contributed by atoms with Gasteiger partial charge in [-0.3, -0.25) is 9.59 Å². The predicted molar refractivity (Wildman–Crippen MR) is 223 cm³/mol. The van der Waals surface area contributed by atoms with Gasteiger partial charge in [0.2, 0.25) is 0 Å². The number of allylic oxidation sites excluding steroid dienone is 1. The highest BCUT2D eigenvalue weighted by atomic mass is 16.2. The summed E-state index contributed by atoms with van der Waals surface area (Å²) in [5, 5.41) is 3.43. The second-order valence-corrected chi connectivity index (χ2v) is 14.3. The van der Waals surface area contributed by atoms with Gasteiger partial charge < -0.3 is 9.13 Å². The molecule has 0 radical (unpaired) electrons. The Kier molecular flexibility index (Phi) is 6.92. The molecule has 2 amide bonds. The fraction of sp³-hybridized carbons (Fsp3) is 0.0400. The van der Waals surface area contributed by atoms with E-state index >= 15 is 4.79 Å². The first kappa shape index (κ1) is 31.3. The standard InChI is InChI=1S/C50H33N3O2/c54-49-41-24-14-28-45(47(41)50(55)53(49)48-35(32-15-3-1-4-16-32)22-13-23-36(48)33-17-5-2-6-18-33)52-44-27-12-9-21-39(44)40-30-29-34(31-46(40)52)51-42-25-10-7-19-37(42)38-20-8-11-26-43(38)51/h1-7,9-19,21-31H,8,20H2. The fourth-order valence-corrected chi connectivity index (χ4v) is 8.97. The number of aromatic nitrogens is 2. The molecule has 5 nitrogen and oxygen atoms in total. The molecule has 2 aliphatic rings. The second kappa shape index (κ2) is 12.2. The largest absolute Gasteiger partial charge is 0.310 e. The van der Waals surface area contributed by atoms with E-state index in [-0.39, 0.29) is 11.8 Å². The first-order valence-electron chi connectivity index (χ1n) is 18.8. The van der Waals surface area contributed by atoms with Gasteiger partial charge in [-0.05, 0) is 72.0 Å². The highest BCUT2D eigenvalue weighted by Crippen LogP contribution is 2.45. The Hall–Kier alpha value is -7.24. The topological polar surface area (TPSA) is 47.2 Å². The summed E-state index contributed by atoms with van der Waals surface area (Å²) in [5.74, 6) is -0.671. The number of anilines is 1. The van der Waals surface area contributed by atoms with E-state index in [1.54, 1.807) is 6.07 Å². The summed E-state index contributed by atoms with van der Waals surface area (Å²) in [6, 6.07) is 55.2. The van der Waals surface area contributed by atoms with Gasteiger partial charge in [0.1, 0.15) is 0 Å². The minimum absolute atomic E-state index is 0.332. The number of aryl methyl sites for hydroxylation is 1. The number of para-hydroxylation sites is 3. The zero-order valence-corrected chi connectivity index (χ0v) is 29.8. The Morgan fingerprint density at radius 3 is 1.80 bits per heavy atom. The van der Waals surface area contributed by atoms with E-state index < -0.39 is 0 Å². The molecule has 55 heavy (non-hydrogen) atoms. The number of hydrogen-bond donors (Lipinski definition) is 0. The van der Waals surface area contributed by atoms with Crippen LogP contribution >= 0.6 is 0 Å². The Morgan fingerprint density at radius 2 is 1.07 bits per heavy atom. The first-order chi connectivity index (χ1) is 27.2. The van der Waals surface area contributed by atoms with Crippen LogP contribution in [0.25, 0.3) is 72.4 Å². The van der Waals surface area contributed by atoms with Gasteiger partial charge in [-0.15, -0.1) is 0 Å². The lowest BCUT2D eigenvalue weighted by Crippen LogP contribution is -2.30. The SMILES string of the molecule is O=C1c2cccc(-n3c4ccccc4c4ccc(-n5c6c(c7ccccc75)CCC=C6)cc43)c2C(=O)N1c1c(-c2ccccc2)cccc1-c1ccccc1. The van der Waals surface area contributed by atoms with Gasteiger partial charge in [-0.25, -0.2) is 4.90 Å². The molecule has 0 fully saturated rings. The Balaban J connectivity index is 1.15. The fourth-order valence-electron chi connectivity index (χ4n) is 8.97. The summed E-state index contributed by atoms with van der Waals surface area (Å²) in [5.41, 5.74) is 12.3. The van der Waals surface area contributed by atoms with E-state index in [1.807, 2.05) is 97.1 Å². The highest BCUT2D eigenvalue weighted by Gasteiger charge is 2.41. The van der Waals surface area contributed by atoms with Crippen LogP contribution < -0.4 is 4.90 Å². The van der Waals surface area contributed by atoms with Crippen molar-refractivity contribution in [3.8, 4) is 33.6 Å². The molecular formula is C50H33N3O2. The lowest BCUT2D eigenvalue weighted by atomic mass is 9.95. The molecule has 2 aromatic heterocycles. The molecule has 0 N–H and O–H groups in total. The van der Waals surface area contributed by atoms with Crippen molar-refractivity contribution in [2.45, 2.75) is 12.8 Å². The molecule has 3 heterocycles. The molecule has 9 aromatic rings. The maximum atomic E-state index is 15.2. The van der Waals surface area contributed by atoms with Crippen molar-refractivity contribution in [3.63, 3.8) is 0 Å². The molecule has 0 atom stereocenters. The third-order valence-electron chi connectivity index (χ3n) is 11.3. The monoisotopic (exact) mass is 707 g/mol. The zero-order valence-electron chi connectivity index (χ0n) is 29.8. The van der Waals surface area contributed by atoms with Crippen LogP contribution in [-0.2, 0) is 6.42 Å². The molecule has 0 bridgehead atoms. The minimum atomic E-state index is -0.339. The molecule has 11 rings (SSSR count). The van der Waals surface area contributed by atoms with Crippen molar-refractivity contribution in [2.24, 2.45) is 0 Å². The van der Waals surface area contributed by atoms with Crippen molar-refractivity contribution in [1.82, 2.24) is 9.13 Å². The summed E-state index contributed by atoms with van der Waals surface area (Å²) in [6.45, 7) is 0. The number of hydrogen-bond acceptors (Lipinski definition) is 2. The lowest BCUT2D eigenvalue weighted by molar-refractivity contribution is 0.0926. The van der Waals surface area contributed by atoms with Crippen molar-refractivity contribution in [1.29, 1.82) is 0 Å². The molecule has 0 saturated heterocycles. The second-order valence-electron chi connectivity index (χ2n) is 14.3. The van der Waals surface area contributed by atoms with Gasteiger partial charge in [-0.1, -0.05) is 133 Å². The van der Waals surface area contributed by atoms with Gasteiger partial charge in [-0.2, -0.15) is 0 Å². The molecule has 0 spiro atoms. The van der Waals surface area contributed by atoms with Crippen LogP contribution in [0.2, 0.25) is 0 Å². The smallest absolute Gasteiger partial charge is 0.268 e. The van der Waals surface area contributed by atoms with E-state index in [4.69, 9.17) is 0 Å². The number of rotatable bonds is 5. The van der Waals surface area contributed by atoms with E-state index in [2.05, 4.69) is 81.9 Å². The van der Waals surface area contributed by atoms with Crippen LogP contribution in [0.15, 0.2) is 170 Å². The molecule has 1 aliphatic carbocycles. The molecule has 260 valence electrons. The highest BCUT2D eigenvalue weighted by molar-refractivity contribution is 6.37. The van der Waals surface area contributed by atoms with Crippen LogP contribution in [0.3, 0.4) is 0 Å². The molecule has 1 aliphatic heterocycles. The van der Waals surface area contributed by atoms with Gasteiger partial charge in [0.05, 0.1) is 39.1 Å². The quantitative estimate of drug-likeness (QED) is 0.167. The zero-order chi connectivity index (χ0) is 36.6. The van der Waals surface area contributed by atoms with Crippen molar-refractivity contribution < 1.29 is 9.59 Å². The van der Waals surface area contributed by atoms with Crippen molar-refractivity contribution in [3.05, 3.63) is 192 Å². The number of carbonyl (C=O) groups excluding carboxylic acids is 2. The summed E-state index contributed by atoms with van der Waals surface area (Å²) >= 11 is 0. The maximum absolute atomic E-state index is 15.2. The van der Waals surface area contributed by atoms with E-state index in [1.165, 1.54) is 27.1 Å². The molecule has 7 aromatic carbocycles. The Morgan fingerprint density at radius 1 is 0.473 bits per heavy atom. The number of fused-ring (bicyclic) bond motifs is 7. The third-order valence-corrected chi connectivity index (χ3v) is 11.3. The third kappa shape index (κ3) is 4.60. The summed E-state index contributed by atoms with van der Waals surface area (Å²) in [4.78, 5) is 31.4. The first-order valence-corrected chi connectivity index (χ1v) is 18.8. The van der Waals surface area contributed by atoms with Gasteiger partial charge >= 0.3 is 0 Å². The number of amides is 2. The summed E-state index contributed by atoms with van der Waals surface area (Å²) in [6.07, 6.45) is 6.54. The molecule has 0 saturated carbocycles. The van der Waals surface area contributed by atoms with E-state index in [0.29, 0.717) is 22.5 Å². The van der Waals surface area contributed by atoms with Crippen LogP contribution in [0, 0.1) is 0 Å². The average molecular weight is 708 g/mol. The molecule has 5 heteroatoms. The van der Waals surface area contributed by atoms with Crippen LogP contribution in [0.1, 0.15) is 38.4 Å². The van der Waals surface area contributed by atoms with E-state index in [0.717, 1.165) is 62.6 Å². The van der Waals surface area contributed by atoms with Crippen LogP contribution in [0.4, 0.5) is 5.69 Å². The normalized spacial score (nSPS) is 13.6. The van der Waals surface area contributed by atoms with Gasteiger partial charge in [0, 0.05) is 38.7 Å². The van der Waals surface area contributed by atoms with Gasteiger partial charge in [0.15, 0.2) is 0 Å². The number of nitrogens with zero attached hydrogens (tertiary/aromatic N) is 3. The summed E-state index contributed by atoms with van der Waals surface area (Å²) in [7, 11) is 0.